The van der Waals surface area contributed by atoms with Crippen molar-refractivity contribution in [3.05, 3.63) is 52.8 Å². The zero-order chi connectivity index (χ0) is 17.9. The molecule has 0 saturated carbocycles. The number of halogens is 1. The van der Waals surface area contributed by atoms with Crippen molar-refractivity contribution in [1.82, 2.24) is 14.9 Å². The number of rotatable bonds is 4. The fourth-order valence-electron chi connectivity index (χ4n) is 4.00. The van der Waals surface area contributed by atoms with Crippen molar-refractivity contribution >= 4 is 18.4 Å². The van der Waals surface area contributed by atoms with Crippen molar-refractivity contribution in [2.45, 2.75) is 52.6 Å². The molecule has 27 heavy (non-hydrogen) atoms. The summed E-state index contributed by atoms with van der Waals surface area (Å²) in [5.41, 5.74) is 5.36. The van der Waals surface area contributed by atoms with Crippen LogP contribution in [0.15, 0.2) is 30.5 Å². The van der Waals surface area contributed by atoms with Crippen molar-refractivity contribution < 1.29 is 0 Å². The number of benzene rings is 1. The highest BCUT2D eigenvalue weighted by Crippen LogP contribution is 2.24. The lowest BCUT2D eigenvalue weighted by Gasteiger charge is -2.32. The minimum atomic E-state index is 0. The van der Waals surface area contributed by atoms with Gasteiger partial charge in [0.2, 0.25) is 5.95 Å². The number of nitrogens with zero attached hydrogens (tertiary/aromatic N) is 4. The van der Waals surface area contributed by atoms with E-state index < -0.39 is 0 Å². The maximum Gasteiger partial charge on any atom is 0.225 e. The Kier molecular flexibility index (Phi) is 6.72. The second-order valence-corrected chi connectivity index (χ2v) is 7.94. The predicted molar refractivity (Wildman–Crippen MR) is 114 cm³/mol. The molecular formula is C22H31ClN4. The van der Waals surface area contributed by atoms with Gasteiger partial charge in [-0.05, 0) is 36.3 Å². The molecule has 1 aromatic carbocycles. The third kappa shape index (κ3) is 4.80. The van der Waals surface area contributed by atoms with Crippen LogP contribution in [-0.4, -0.2) is 34.5 Å². The first-order chi connectivity index (χ1) is 12.7. The van der Waals surface area contributed by atoms with Gasteiger partial charge >= 0.3 is 0 Å². The molecule has 3 heterocycles. The molecule has 146 valence electrons. The number of anilines is 1. The number of hydrogen-bond donors (Lipinski definition) is 0. The van der Waals surface area contributed by atoms with E-state index in [1.54, 1.807) is 0 Å². The molecule has 1 aromatic heterocycles. The van der Waals surface area contributed by atoms with Gasteiger partial charge in [0.15, 0.2) is 0 Å². The summed E-state index contributed by atoms with van der Waals surface area (Å²) in [5, 5.41) is 0. The summed E-state index contributed by atoms with van der Waals surface area (Å²) < 4.78 is 0. The number of piperidine rings is 1. The van der Waals surface area contributed by atoms with Crippen molar-refractivity contribution in [2.24, 2.45) is 5.92 Å². The minimum Gasteiger partial charge on any atom is -0.341 e. The van der Waals surface area contributed by atoms with Crippen LogP contribution in [0.4, 0.5) is 5.95 Å². The highest BCUT2D eigenvalue weighted by atomic mass is 35.5. The number of hydrogen-bond acceptors (Lipinski definition) is 4. The number of aromatic nitrogens is 2. The maximum atomic E-state index is 4.91. The van der Waals surface area contributed by atoms with Crippen LogP contribution in [0.2, 0.25) is 0 Å². The first-order valence-corrected chi connectivity index (χ1v) is 10.1. The van der Waals surface area contributed by atoms with Gasteiger partial charge in [-0.25, -0.2) is 9.97 Å². The van der Waals surface area contributed by atoms with Gasteiger partial charge in [0.25, 0.3) is 0 Å². The molecule has 0 atom stereocenters. The van der Waals surface area contributed by atoms with Crippen molar-refractivity contribution in [1.29, 1.82) is 0 Å². The summed E-state index contributed by atoms with van der Waals surface area (Å²) in [7, 11) is 0. The van der Waals surface area contributed by atoms with Gasteiger partial charge in [0, 0.05) is 50.9 Å². The first kappa shape index (κ1) is 20.1. The average molecular weight is 387 g/mol. The highest BCUT2D eigenvalue weighted by Gasteiger charge is 2.22. The summed E-state index contributed by atoms with van der Waals surface area (Å²) in [5.74, 6) is 1.78. The smallest absolute Gasteiger partial charge is 0.225 e. The van der Waals surface area contributed by atoms with E-state index in [1.165, 1.54) is 35.2 Å². The van der Waals surface area contributed by atoms with E-state index >= 15 is 0 Å². The van der Waals surface area contributed by atoms with E-state index in [-0.39, 0.29) is 12.4 Å². The van der Waals surface area contributed by atoms with Crippen LogP contribution in [-0.2, 0) is 25.9 Å². The second kappa shape index (κ2) is 9.03. The first-order valence-electron chi connectivity index (χ1n) is 10.1. The van der Waals surface area contributed by atoms with E-state index in [4.69, 9.17) is 9.97 Å². The van der Waals surface area contributed by atoms with Gasteiger partial charge in [-0.2, -0.15) is 0 Å². The average Bonchev–Trinajstić information content (AvgIpc) is 2.69. The summed E-state index contributed by atoms with van der Waals surface area (Å²) in [4.78, 5) is 14.5. The molecule has 4 rings (SSSR count). The van der Waals surface area contributed by atoms with E-state index in [1.807, 2.05) is 0 Å². The molecular weight excluding hydrogens is 356 g/mol. The maximum absolute atomic E-state index is 4.91. The Balaban J connectivity index is 0.00000210. The third-order valence-electron chi connectivity index (χ3n) is 5.90. The Hall–Kier alpha value is -1.65. The predicted octanol–water partition coefficient (Wildman–Crippen LogP) is 4.26. The molecule has 1 saturated heterocycles. The lowest BCUT2D eigenvalue weighted by atomic mass is 9.99. The molecule has 2 aliphatic rings. The molecule has 0 amide bonds. The Morgan fingerprint density at radius 3 is 2.44 bits per heavy atom. The zero-order valence-electron chi connectivity index (χ0n) is 16.5. The van der Waals surface area contributed by atoms with Gasteiger partial charge in [0.1, 0.15) is 0 Å². The number of fused-ring (bicyclic) bond motifs is 1. The Morgan fingerprint density at radius 1 is 1.04 bits per heavy atom. The lowest BCUT2D eigenvalue weighted by molar-refractivity contribution is 0.243. The monoisotopic (exact) mass is 386 g/mol. The summed E-state index contributed by atoms with van der Waals surface area (Å²) >= 11 is 0. The van der Waals surface area contributed by atoms with Crippen LogP contribution in [0.5, 0.6) is 0 Å². The van der Waals surface area contributed by atoms with Crippen molar-refractivity contribution in [3.63, 3.8) is 0 Å². The van der Waals surface area contributed by atoms with Gasteiger partial charge in [0.05, 0.1) is 5.69 Å². The Bertz CT molecular complexity index is 738. The van der Waals surface area contributed by atoms with E-state index in [0.29, 0.717) is 0 Å². The molecule has 0 bridgehead atoms. The van der Waals surface area contributed by atoms with Crippen LogP contribution >= 0.6 is 12.4 Å². The highest BCUT2D eigenvalue weighted by molar-refractivity contribution is 5.85. The molecule has 2 aliphatic heterocycles. The largest absolute Gasteiger partial charge is 0.341 e. The van der Waals surface area contributed by atoms with Crippen LogP contribution in [0, 0.1) is 5.92 Å². The molecule has 4 nitrogen and oxygen atoms in total. The van der Waals surface area contributed by atoms with Crippen LogP contribution < -0.4 is 4.90 Å². The topological polar surface area (TPSA) is 32.3 Å². The molecule has 0 spiro atoms. The van der Waals surface area contributed by atoms with Gasteiger partial charge < -0.3 is 4.90 Å². The van der Waals surface area contributed by atoms with Crippen molar-refractivity contribution in [2.75, 3.05) is 24.5 Å². The molecule has 5 heteroatoms. The Morgan fingerprint density at radius 2 is 1.74 bits per heavy atom. The summed E-state index contributed by atoms with van der Waals surface area (Å²) in [6.07, 6.45) is 6.72. The second-order valence-electron chi connectivity index (χ2n) is 7.94. The third-order valence-corrected chi connectivity index (χ3v) is 5.90. The quantitative estimate of drug-likeness (QED) is 0.786. The summed E-state index contributed by atoms with van der Waals surface area (Å²) in [6.45, 7) is 9.79. The van der Waals surface area contributed by atoms with E-state index in [9.17, 15) is 0 Å². The number of aryl methyl sites for hydroxylation is 1. The van der Waals surface area contributed by atoms with Gasteiger partial charge in [-0.3, -0.25) is 4.90 Å². The van der Waals surface area contributed by atoms with Crippen LogP contribution in [0.25, 0.3) is 0 Å². The molecule has 1 fully saturated rings. The molecule has 2 aromatic rings. The molecule has 0 radical (unpaired) electrons. The lowest BCUT2D eigenvalue weighted by Crippen LogP contribution is -2.35. The fraction of sp³-hybridized carbons (Fsp3) is 0.545. The standard InChI is InChI=1S/C22H30N4.ClH/c1-3-18-4-6-19(7-5-18)15-25-11-10-21-20(16-25)14-23-22(24-21)26-12-8-17(2)9-13-26;/h4-7,14,17H,3,8-13,15-16H2,1-2H3;1H. The van der Waals surface area contributed by atoms with Crippen LogP contribution in [0.1, 0.15) is 49.1 Å². The van der Waals surface area contributed by atoms with Crippen LogP contribution in [0.3, 0.4) is 0 Å². The Labute approximate surface area is 169 Å². The fourth-order valence-corrected chi connectivity index (χ4v) is 4.00. The SMILES string of the molecule is CCc1ccc(CN2CCc3nc(N4CCC(C)CC4)ncc3C2)cc1.Cl. The summed E-state index contributed by atoms with van der Waals surface area (Å²) in [6, 6.07) is 9.04. The molecule has 0 N–H and O–H groups in total. The normalized spacial score (nSPS) is 18.1. The van der Waals surface area contributed by atoms with E-state index in [2.05, 4.69) is 54.1 Å². The minimum absolute atomic E-state index is 0. The van der Waals surface area contributed by atoms with E-state index in [0.717, 1.165) is 57.4 Å². The van der Waals surface area contributed by atoms with Gasteiger partial charge in [-0.15, -0.1) is 12.4 Å². The molecule has 0 unspecified atom stereocenters. The molecule has 0 aliphatic carbocycles. The van der Waals surface area contributed by atoms with Crippen molar-refractivity contribution in [3.8, 4) is 0 Å². The zero-order valence-corrected chi connectivity index (χ0v) is 17.3. The van der Waals surface area contributed by atoms with Gasteiger partial charge in [-0.1, -0.05) is 38.1 Å².